The smallest absolute Gasteiger partial charge is 0.178 e. The van der Waals surface area contributed by atoms with Gasteiger partial charge in [0.2, 0.25) is 0 Å². The van der Waals surface area contributed by atoms with Crippen LogP contribution in [0.25, 0.3) is 0 Å². The Kier molecular flexibility index (Phi) is 14.4. The van der Waals surface area contributed by atoms with Crippen molar-refractivity contribution in [1.29, 1.82) is 0 Å². The van der Waals surface area contributed by atoms with Crippen molar-refractivity contribution in [2.75, 3.05) is 6.54 Å². The highest BCUT2D eigenvalue weighted by Crippen LogP contribution is 2.65. The number of Topliss-reactive ketones (excluding diaryl/α,β-unsaturated/α-hetero) is 1. The van der Waals surface area contributed by atoms with E-state index in [9.17, 15) is 4.79 Å². The highest BCUT2D eigenvalue weighted by atomic mass is 16.1. The van der Waals surface area contributed by atoms with E-state index in [1.807, 2.05) is 37.9 Å². The molecule has 0 amide bonds. The third-order valence-electron chi connectivity index (χ3n) is 9.54. The number of hydrogen-bond acceptors (Lipinski definition) is 2. The molecule has 0 radical (unpaired) electrons. The summed E-state index contributed by atoms with van der Waals surface area (Å²) in [5.41, 5.74) is 1.69. The third-order valence-corrected chi connectivity index (χ3v) is 9.54. The molecule has 2 saturated carbocycles. The Morgan fingerprint density at radius 3 is 2.31 bits per heavy atom. The fourth-order valence-corrected chi connectivity index (χ4v) is 8.01. The van der Waals surface area contributed by atoms with E-state index in [0.717, 1.165) is 29.7 Å². The average molecular weight is 500 g/mol. The molecule has 36 heavy (non-hydrogen) atoms. The van der Waals surface area contributed by atoms with Crippen molar-refractivity contribution in [3.63, 3.8) is 0 Å². The van der Waals surface area contributed by atoms with Gasteiger partial charge in [0, 0.05) is 0 Å². The molecule has 0 aromatic rings. The number of unbranched alkanes of at least 4 members (excludes halogenated alkanes) is 1. The summed E-state index contributed by atoms with van der Waals surface area (Å²) >= 11 is 0. The first-order chi connectivity index (χ1) is 17.3. The van der Waals surface area contributed by atoms with Crippen LogP contribution in [0, 0.1) is 34.5 Å². The largest absolute Gasteiger partial charge is 0.347 e. The van der Waals surface area contributed by atoms with Gasteiger partial charge >= 0.3 is 0 Å². The molecule has 0 spiro atoms. The molecule has 6 atom stereocenters. The second-order valence-corrected chi connectivity index (χ2v) is 11.8. The van der Waals surface area contributed by atoms with E-state index in [2.05, 4.69) is 54.2 Å². The molecule has 0 N–H and O–H groups in total. The summed E-state index contributed by atoms with van der Waals surface area (Å²) in [6, 6.07) is 0. The van der Waals surface area contributed by atoms with Crippen LogP contribution < -0.4 is 0 Å². The van der Waals surface area contributed by atoms with Crippen LogP contribution in [0.4, 0.5) is 0 Å². The molecule has 3 aliphatic carbocycles. The predicted octanol–water partition coefficient (Wildman–Crippen LogP) is 10.4. The minimum atomic E-state index is 0.0738. The van der Waals surface area contributed by atoms with E-state index in [4.69, 9.17) is 0 Å². The molecule has 0 saturated heterocycles. The van der Waals surface area contributed by atoms with Crippen molar-refractivity contribution < 1.29 is 4.79 Å². The Balaban J connectivity index is 0.00000120. The van der Waals surface area contributed by atoms with Crippen LogP contribution in [-0.4, -0.2) is 17.2 Å². The summed E-state index contributed by atoms with van der Waals surface area (Å²) in [5.74, 6) is 3.50. The Labute approximate surface area is 226 Å². The van der Waals surface area contributed by atoms with E-state index in [1.54, 1.807) is 6.20 Å². The van der Waals surface area contributed by atoms with Crippen molar-refractivity contribution >= 4 is 5.78 Å². The highest BCUT2D eigenvalue weighted by Gasteiger charge is 2.57. The first-order valence-corrected chi connectivity index (χ1v) is 15.5. The average Bonchev–Trinajstić information content (AvgIpc) is 3.22. The molecular weight excluding hydrogens is 438 g/mol. The maximum Gasteiger partial charge on any atom is 0.178 e. The second kappa shape index (κ2) is 15.8. The van der Waals surface area contributed by atoms with E-state index in [1.165, 1.54) is 64.2 Å². The quantitative estimate of drug-likeness (QED) is 0.298. The molecule has 0 aromatic heterocycles. The molecule has 2 nitrogen and oxygen atoms in total. The molecule has 6 unspecified atom stereocenters. The van der Waals surface area contributed by atoms with Crippen LogP contribution in [-0.2, 0) is 4.79 Å². The number of rotatable bonds is 10. The Morgan fingerprint density at radius 2 is 1.75 bits per heavy atom. The Hall–Kier alpha value is -1.31. The molecule has 3 aliphatic rings. The lowest BCUT2D eigenvalue weighted by molar-refractivity contribution is -0.119. The molecule has 0 aromatic carbocycles. The van der Waals surface area contributed by atoms with Gasteiger partial charge in [-0.1, -0.05) is 99.8 Å². The number of allylic oxidation sites excluding steroid dienone is 2. The van der Waals surface area contributed by atoms with E-state index >= 15 is 0 Å². The number of ketones is 1. The number of hydrogen-bond donors (Lipinski definition) is 0. The number of carbonyl (C=O) groups excluding carboxylic acids is 1. The maximum atomic E-state index is 13.3. The lowest BCUT2D eigenvalue weighted by Crippen LogP contribution is -2.52. The first-order valence-electron chi connectivity index (χ1n) is 15.5. The second-order valence-electron chi connectivity index (χ2n) is 11.8. The zero-order valence-corrected chi connectivity index (χ0v) is 25.7. The molecular formula is C34H61NO. The van der Waals surface area contributed by atoms with Gasteiger partial charge in [0.15, 0.2) is 5.78 Å². The van der Waals surface area contributed by atoms with Gasteiger partial charge in [-0.15, -0.1) is 0 Å². The summed E-state index contributed by atoms with van der Waals surface area (Å²) in [7, 11) is 0. The van der Waals surface area contributed by atoms with E-state index in [-0.39, 0.29) is 5.41 Å². The summed E-state index contributed by atoms with van der Waals surface area (Å²) in [6.45, 7) is 24.3. The van der Waals surface area contributed by atoms with Gasteiger partial charge in [0.1, 0.15) is 0 Å². The molecule has 2 fully saturated rings. The summed E-state index contributed by atoms with van der Waals surface area (Å²) < 4.78 is 0. The van der Waals surface area contributed by atoms with Crippen molar-refractivity contribution in [2.24, 2.45) is 34.5 Å². The zero-order valence-electron chi connectivity index (χ0n) is 25.7. The lowest BCUT2D eigenvalue weighted by atomic mass is 9.46. The van der Waals surface area contributed by atoms with Crippen molar-refractivity contribution in [3.8, 4) is 0 Å². The van der Waals surface area contributed by atoms with Crippen molar-refractivity contribution in [1.82, 2.24) is 4.90 Å². The van der Waals surface area contributed by atoms with Crippen LogP contribution in [0.1, 0.15) is 133 Å². The zero-order chi connectivity index (χ0) is 27.4. The van der Waals surface area contributed by atoms with Crippen LogP contribution in [0.5, 0.6) is 0 Å². The van der Waals surface area contributed by atoms with Gasteiger partial charge in [-0.25, -0.2) is 0 Å². The SMILES string of the molecule is C=CN(/C=C\C)CC(=O)C1=CCC2C3CCC(CCCC)C(C)(CCC)C3CCC12C.CC.CCC. The van der Waals surface area contributed by atoms with Crippen molar-refractivity contribution in [3.05, 3.63) is 36.7 Å². The van der Waals surface area contributed by atoms with Crippen molar-refractivity contribution in [2.45, 2.75) is 133 Å². The fraction of sp³-hybridized carbons (Fsp3) is 0.794. The minimum absolute atomic E-state index is 0.0738. The molecule has 0 aliphatic heterocycles. The van der Waals surface area contributed by atoms with Gasteiger partial charge in [0.25, 0.3) is 0 Å². The highest BCUT2D eigenvalue weighted by molar-refractivity contribution is 5.98. The number of fused-ring (bicyclic) bond motifs is 3. The molecule has 2 heteroatoms. The molecule has 208 valence electrons. The third kappa shape index (κ3) is 7.16. The van der Waals surface area contributed by atoms with Crippen LogP contribution in [0.3, 0.4) is 0 Å². The normalized spacial score (nSPS) is 32.8. The number of nitrogens with zero attached hydrogens (tertiary/aromatic N) is 1. The van der Waals surface area contributed by atoms with Gasteiger partial charge in [-0.05, 0) is 104 Å². The van der Waals surface area contributed by atoms with Gasteiger partial charge in [-0.3, -0.25) is 4.79 Å². The van der Waals surface area contributed by atoms with Gasteiger partial charge < -0.3 is 4.90 Å². The van der Waals surface area contributed by atoms with Gasteiger partial charge in [0.05, 0.1) is 6.54 Å². The minimum Gasteiger partial charge on any atom is -0.347 e. The lowest BCUT2D eigenvalue weighted by Gasteiger charge is -2.59. The maximum absolute atomic E-state index is 13.3. The van der Waals surface area contributed by atoms with Gasteiger partial charge in [-0.2, -0.15) is 0 Å². The Morgan fingerprint density at radius 1 is 1.08 bits per heavy atom. The molecule has 3 rings (SSSR count). The summed E-state index contributed by atoms with van der Waals surface area (Å²) in [4.78, 5) is 15.2. The first kappa shape index (κ1) is 32.7. The van der Waals surface area contributed by atoms with E-state index < -0.39 is 0 Å². The monoisotopic (exact) mass is 499 g/mol. The van der Waals surface area contributed by atoms with Crippen LogP contribution >= 0.6 is 0 Å². The summed E-state index contributed by atoms with van der Waals surface area (Å²) in [6.07, 6.45) is 22.4. The fourth-order valence-electron chi connectivity index (χ4n) is 8.01. The molecule has 0 heterocycles. The Bertz CT molecular complexity index is 721. The topological polar surface area (TPSA) is 20.3 Å². The summed E-state index contributed by atoms with van der Waals surface area (Å²) in [5, 5.41) is 0. The van der Waals surface area contributed by atoms with Crippen LogP contribution in [0.2, 0.25) is 0 Å². The molecule has 0 bridgehead atoms. The van der Waals surface area contributed by atoms with Crippen LogP contribution in [0.15, 0.2) is 36.7 Å². The number of carbonyl (C=O) groups is 1. The predicted molar refractivity (Wildman–Crippen MR) is 160 cm³/mol. The van der Waals surface area contributed by atoms with E-state index in [0.29, 0.717) is 23.7 Å². The standard InChI is InChI=1S/C29H47NO.C3H8.C2H6/c1-7-11-12-22-13-14-23-24-15-16-26(27(31)21-30(10-4)20-9-3)29(24,6)19-17-25(23)28(22,5)18-8-2;1-3-2;1-2/h9-10,16,20,22-25H,4,7-8,11-15,17-19,21H2,1-3,5-6H3;3H2,1-2H3;1-2H3/b20-9-;;.